The maximum absolute atomic E-state index is 13.7. The van der Waals surface area contributed by atoms with Crippen molar-refractivity contribution >= 4 is 17.9 Å². The minimum absolute atomic E-state index is 0.121. The van der Waals surface area contributed by atoms with E-state index in [4.69, 9.17) is 4.74 Å². The molecule has 2 N–H and O–H groups in total. The molecule has 0 saturated heterocycles. The first-order valence-corrected chi connectivity index (χ1v) is 12.5. The highest BCUT2D eigenvalue weighted by atomic mass is 16.6. The Morgan fingerprint density at radius 2 is 1.62 bits per heavy atom. The monoisotopic (exact) mass is 473 g/mol. The quantitative estimate of drug-likeness (QED) is 0.554. The van der Waals surface area contributed by atoms with Crippen molar-refractivity contribution in [3.63, 3.8) is 0 Å². The van der Waals surface area contributed by atoms with Crippen molar-refractivity contribution in [2.24, 2.45) is 0 Å². The molecule has 0 spiro atoms. The van der Waals surface area contributed by atoms with Crippen LogP contribution in [0.15, 0.2) is 24.3 Å². The van der Waals surface area contributed by atoms with Crippen LogP contribution in [0.2, 0.25) is 0 Å². The van der Waals surface area contributed by atoms with Crippen molar-refractivity contribution in [2.45, 2.75) is 110 Å². The van der Waals surface area contributed by atoms with Crippen LogP contribution in [0.1, 0.15) is 97.2 Å². The second-order valence-electron chi connectivity index (χ2n) is 10.9. The molecule has 2 rings (SSSR count). The van der Waals surface area contributed by atoms with Gasteiger partial charge in [0, 0.05) is 11.6 Å². The molecule has 0 radical (unpaired) electrons. The van der Waals surface area contributed by atoms with E-state index in [0.29, 0.717) is 6.42 Å². The van der Waals surface area contributed by atoms with Crippen LogP contribution in [0.4, 0.5) is 4.79 Å². The summed E-state index contributed by atoms with van der Waals surface area (Å²) >= 11 is 0. The van der Waals surface area contributed by atoms with Gasteiger partial charge in [-0.3, -0.25) is 9.59 Å². The lowest BCUT2D eigenvalue weighted by Gasteiger charge is -2.43. The Morgan fingerprint density at radius 1 is 1.03 bits per heavy atom. The van der Waals surface area contributed by atoms with Gasteiger partial charge >= 0.3 is 6.09 Å². The molecular weight excluding hydrogens is 430 g/mol. The topological polar surface area (TPSA) is 87.7 Å². The van der Waals surface area contributed by atoms with Gasteiger partial charge in [0.25, 0.3) is 0 Å². The van der Waals surface area contributed by atoms with Gasteiger partial charge in [-0.2, -0.15) is 0 Å². The number of alkyl carbamates (subject to hydrolysis) is 1. The standard InChI is InChI=1S/C27H43N3O4/c1-8-27(6,7)30(22(31)18-28-25(33)34-26(3,4)5)23(20-16-14-19(2)15-17-20)24(32)29-21-12-10-9-11-13-21/h14-17,21,23H,8-13,18H2,1-7H3,(H,28,33)(H,29,32). The summed E-state index contributed by atoms with van der Waals surface area (Å²) in [6.07, 6.45) is 5.29. The zero-order valence-corrected chi connectivity index (χ0v) is 22.0. The van der Waals surface area contributed by atoms with E-state index >= 15 is 0 Å². The Morgan fingerprint density at radius 3 is 2.15 bits per heavy atom. The predicted octanol–water partition coefficient (Wildman–Crippen LogP) is 5.03. The molecule has 0 aliphatic heterocycles. The number of rotatable bonds is 8. The lowest BCUT2D eigenvalue weighted by Crippen LogP contribution is -2.56. The molecule has 1 fully saturated rings. The van der Waals surface area contributed by atoms with Gasteiger partial charge in [0.1, 0.15) is 18.2 Å². The molecule has 1 aliphatic carbocycles. The Balaban J connectivity index is 2.36. The van der Waals surface area contributed by atoms with Gasteiger partial charge in [0.15, 0.2) is 0 Å². The number of hydrogen-bond acceptors (Lipinski definition) is 4. The van der Waals surface area contributed by atoms with Crippen LogP contribution in [0.25, 0.3) is 0 Å². The third-order valence-corrected chi connectivity index (χ3v) is 6.42. The van der Waals surface area contributed by atoms with Gasteiger partial charge in [0.05, 0.1) is 0 Å². The maximum Gasteiger partial charge on any atom is 0.408 e. The zero-order chi connectivity index (χ0) is 25.5. The van der Waals surface area contributed by atoms with Crippen molar-refractivity contribution in [2.75, 3.05) is 6.54 Å². The van der Waals surface area contributed by atoms with Crippen molar-refractivity contribution in [1.82, 2.24) is 15.5 Å². The predicted molar refractivity (Wildman–Crippen MR) is 134 cm³/mol. The number of carbonyl (C=O) groups excluding carboxylic acids is 3. The largest absolute Gasteiger partial charge is 0.444 e. The van der Waals surface area contributed by atoms with E-state index in [1.165, 1.54) is 6.42 Å². The number of benzene rings is 1. The molecule has 1 saturated carbocycles. The average Bonchev–Trinajstić information content (AvgIpc) is 2.76. The number of aryl methyl sites for hydroxylation is 1. The Kier molecular flexibility index (Phi) is 9.54. The first-order valence-electron chi connectivity index (χ1n) is 12.5. The van der Waals surface area contributed by atoms with Gasteiger partial charge in [-0.1, -0.05) is 56.0 Å². The molecule has 0 bridgehead atoms. The van der Waals surface area contributed by atoms with Crippen LogP contribution in [0, 0.1) is 6.92 Å². The maximum atomic E-state index is 13.7. The van der Waals surface area contributed by atoms with E-state index in [9.17, 15) is 14.4 Å². The number of nitrogens with zero attached hydrogens (tertiary/aromatic N) is 1. The zero-order valence-electron chi connectivity index (χ0n) is 22.0. The summed E-state index contributed by atoms with van der Waals surface area (Å²) in [5.74, 6) is -0.509. The number of hydrogen-bond donors (Lipinski definition) is 2. The molecule has 7 heteroatoms. The minimum atomic E-state index is -0.801. The summed E-state index contributed by atoms with van der Waals surface area (Å²) in [4.78, 5) is 41.1. The lowest BCUT2D eigenvalue weighted by molar-refractivity contribution is -0.147. The molecule has 3 amide bonds. The van der Waals surface area contributed by atoms with E-state index in [1.807, 2.05) is 52.0 Å². The van der Waals surface area contributed by atoms with Crippen LogP contribution in [0.5, 0.6) is 0 Å². The SMILES string of the molecule is CCC(C)(C)N(C(=O)CNC(=O)OC(C)(C)C)C(C(=O)NC1CCCCC1)c1ccc(C)cc1. The second kappa shape index (κ2) is 11.7. The van der Waals surface area contributed by atoms with Crippen LogP contribution in [-0.2, 0) is 14.3 Å². The number of carbonyl (C=O) groups is 3. The summed E-state index contributed by atoms with van der Waals surface area (Å²) in [6, 6.07) is 7.05. The molecule has 1 aromatic rings. The molecule has 7 nitrogen and oxygen atoms in total. The van der Waals surface area contributed by atoms with Gasteiger partial charge in [-0.25, -0.2) is 4.79 Å². The number of nitrogens with one attached hydrogen (secondary N) is 2. The number of ether oxygens (including phenoxy) is 1. The second-order valence-corrected chi connectivity index (χ2v) is 10.9. The normalized spacial score (nSPS) is 15.9. The van der Waals surface area contributed by atoms with Gasteiger partial charge < -0.3 is 20.3 Å². The summed E-state index contributed by atoms with van der Waals surface area (Å²) in [7, 11) is 0. The first kappa shape index (κ1) is 27.7. The Bertz CT molecular complexity index is 836. The average molecular weight is 474 g/mol. The molecule has 1 atom stereocenters. The van der Waals surface area contributed by atoms with E-state index in [2.05, 4.69) is 10.6 Å². The fourth-order valence-electron chi connectivity index (χ4n) is 4.24. The highest BCUT2D eigenvalue weighted by Gasteiger charge is 2.40. The summed E-state index contributed by atoms with van der Waals surface area (Å²) in [5.41, 5.74) is 0.548. The molecule has 0 aromatic heterocycles. The van der Waals surface area contributed by atoms with E-state index in [1.54, 1.807) is 25.7 Å². The summed E-state index contributed by atoms with van der Waals surface area (Å²) in [5, 5.41) is 5.78. The van der Waals surface area contributed by atoms with Crippen molar-refractivity contribution < 1.29 is 19.1 Å². The first-order chi connectivity index (χ1) is 15.8. The molecule has 190 valence electrons. The molecule has 0 heterocycles. The highest BCUT2D eigenvalue weighted by molar-refractivity contribution is 5.91. The number of amides is 3. The lowest BCUT2D eigenvalue weighted by atomic mass is 9.91. The third kappa shape index (κ3) is 8.03. The minimum Gasteiger partial charge on any atom is -0.444 e. The van der Waals surface area contributed by atoms with Gasteiger partial charge in [-0.05, 0) is 66.4 Å². The summed E-state index contributed by atoms with van der Waals surface area (Å²) in [6.45, 7) is 12.9. The van der Waals surface area contributed by atoms with E-state index < -0.39 is 23.3 Å². The van der Waals surface area contributed by atoms with Gasteiger partial charge in [-0.15, -0.1) is 0 Å². The van der Waals surface area contributed by atoms with Crippen molar-refractivity contribution in [3.8, 4) is 0 Å². The fraction of sp³-hybridized carbons (Fsp3) is 0.667. The molecule has 1 aliphatic rings. The van der Waals surface area contributed by atoms with Crippen LogP contribution in [0.3, 0.4) is 0 Å². The molecule has 1 aromatic carbocycles. The molecular formula is C27H43N3O4. The Labute approximate surface area is 205 Å². The van der Waals surface area contributed by atoms with Crippen molar-refractivity contribution in [3.05, 3.63) is 35.4 Å². The van der Waals surface area contributed by atoms with E-state index in [0.717, 1.165) is 36.8 Å². The van der Waals surface area contributed by atoms with Gasteiger partial charge in [0.2, 0.25) is 11.8 Å². The van der Waals surface area contributed by atoms with Crippen LogP contribution in [-0.4, -0.2) is 46.5 Å². The van der Waals surface area contributed by atoms with Crippen LogP contribution >= 0.6 is 0 Å². The summed E-state index contributed by atoms with van der Waals surface area (Å²) < 4.78 is 5.29. The smallest absolute Gasteiger partial charge is 0.408 e. The van der Waals surface area contributed by atoms with Crippen LogP contribution < -0.4 is 10.6 Å². The van der Waals surface area contributed by atoms with E-state index in [-0.39, 0.29) is 24.4 Å². The highest BCUT2D eigenvalue weighted by Crippen LogP contribution is 2.32. The van der Waals surface area contributed by atoms with Crippen molar-refractivity contribution in [1.29, 1.82) is 0 Å². The molecule has 1 unspecified atom stereocenters. The Hall–Kier alpha value is -2.57. The fourth-order valence-corrected chi connectivity index (χ4v) is 4.24. The molecule has 34 heavy (non-hydrogen) atoms. The third-order valence-electron chi connectivity index (χ3n) is 6.42.